The van der Waals surface area contributed by atoms with Crippen molar-refractivity contribution in [1.82, 2.24) is 0 Å². The minimum absolute atomic E-state index is 0.189. The Balaban J connectivity index is 3.33. The molecule has 1 nitrogen and oxygen atoms in total. The van der Waals surface area contributed by atoms with Crippen LogP contribution in [0.3, 0.4) is 0 Å². The van der Waals surface area contributed by atoms with E-state index in [0.29, 0.717) is 5.92 Å². The maximum absolute atomic E-state index is 6.16. The second-order valence-electron chi connectivity index (χ2n) is 5.93. The average Bonchev–Trinajstić information content (AvgIpc) is 2.31. The van der Waals surface area contributed by atoms with Crippen molar-refractivity contribution in [2.45, 2.75) is 90.5 Å². The molecular weight excluding hydrogens is 256 g/mol. The zero-order valence-electron chi connectivity index (χ0n) is 13.2. The summed E-state index contributed by atoms with van der Waals surface area (Å²) < 4.78 is 5.59. The van der Waals surface area contributed by atoms with Crippen LogP contribution in [0.2, 0.25) is 0 Å². The molecule has 0 spiro atoms. The summed E-state index contributed by atoms with van der Waals surface area (Å²) in [5.74, 6) is 1.41. The van der Waals surface area contributed by atoms with Gasteiger partial charge in [-0.15, -0.1) is 0 Å². The number of hydrogen-bond donors (Lipinski definition) is 0. The number of alkyl halides is 1. The van der Waals surface area contributed by atoms with Gasteiger partial charge in [-0.25, -0.2) is 0 Å². The number of hydrogen-bond acceptors (Lipinski definition) is 1. The van der Waals surface area contributed by atoms with Crippen molar-refractivity contribution < 1.29 is 4.74 Å². The molecule has 0 aromatic heterocycles. The highest BCUT2D eigenvalue weighted by Crippen LogP contribution is 2.18. The standard InChI is InChI=1S/C17H33ClO/c1-5-6-7-8-9-10-11-12-13-17(18)19-16(4)14-15(2)3/h15,17H,4-14H2,1-3H3. The van der Waals surface area contributed by atoms with Gasteiger partial charge in [0.15, 0.2) is 5.56 Å². The van der Waals surface area contributed by atoms with Gasteiger partial charge in [0.1, 0.15) is 0 Å². The summed E-state index contributed by atoms with van der Waals surface area (Å²) >= 11 is 6.16. The third kappa shape index (κ3) is 14.1. The van der Waals surface area contributed by atoms with Gasteiger partial charge in [0.25, 0.3) is 0 Å². The Labute approximate surface area is 125 Å². The topological polar surface area (TPSA) is 9.23 Å². The van der Waals surface area contributed by atoms with Crippen molar-refractivity contribution in [3.05, 3.63) is 12.3 Å². The van der Waals surface area contributed by atoms with E-state index in [1.807, 2.05) is 0 Å². The van der Waals surface area contributed by atoms with E-state index in [9.17, 15) is 0 Å². The minimum atomic E-state index is -0.189. The molecule has 0 aliphatic carbocycles. The molecule has 0 aliphatic rings. The molecule has 0 bridgehead atoms. The van der Waals surface area contributed by atoms with Crippen LogP contribution < -0.4 is 0 Å². The molecule has 0 saturated carbocycles. The molecule has 0 aromatic carbocycles. The van der Waals surface area contributed by atoms with Crippen molar-refractivity contribution in [3.8, 4) is 0 Å². The Hall–Kier alpha value is -0.170. The summed E-state index contributed by atoms with van der Waals surface area (Å²) in [6.45, 7) is 10.5. The lowest BCUT2D eigenvalue weighted by molar-refractivity contribution is 0.157. The fraction of sp³-hybridized carbons (Fsp3) is 0.882. The summed E-state index contributed by atoms with van der Waals surface area (Å²) in [7, 11) is 0. The summed E-state index contributed by atoms with van der Waals surface area (Å²) in [6, 6.07) is 0. The molecule has 0 rings (SSSR count). The Morgan fingerprint density at radius 3 is 2.05 bits per heavy atom. The molecule has 0 saturated heterocycles. The van der Waals surface area contributed by atoms with Gasteiger partial charge in [-0.3, -0.25) is 0 Å². The van der Waals surface area contributed by atoms with E-state index in [4.69, 9.17) is 16.3 Å². The molecule has 0 N–H and O–H groups in total. The van der Waals surface area contributed by atoms with Crippen molar-refractivity contribution in [2.24, 2.45) is 5.92 Å². The zero-order chi connectivity index (χ0) is 14.5. The van der Waals surface area contributed by atoms with E-state index in [0.717, 1.165) is 25.0 Å². The van der Waals surface area contributed by atoms with Gasteiger partial charge in [-0.1, -0.05) is 83.9 Å². The monoisotopic (exact) mass is 288 g/mol. The van der Waals surface area contributed by atoms with E-state index in [1.54, 1.807) is 0 Å². The maximum atomic E-state index is 6.16. The van der Waals surface area contributed by atoms with E-state index in [2.05, 4.69) is 27.4 Å². The van der Waals surface area contributed by atoms with Gasteiger partial charge in [-0.05, 0) is 18.8 Å². The summed E-state index contributed by atoms with van der Waals surface area (Å²) in [5.41, 5.74) is -0.189. The van der Waals surface area contributed by atoms with Crippen LogP contribution in [0.15, 0.2) is 12.3 Å². The number of rotatable bonds is 13. The molecule has 19 heavy (non-hydrogen) atoms. The predicted octanol–water partition coefficient (Wildman–Crippen LogP) is 6.66. The lowest BCUT2D eigenvalue weighted by atomic mass is 10.1. The average molecular weight is 289 g/mol. The Kier molecular flexibility index (Phi) is 12.7. The van der Waals surface area contributed by atoms with Crippen molar-refractivity contribution in [3.63, 3.8) is 0 Å². The van der Waals surface area contributed by atoms with Gasteiger partial charge >= 0.3 is 0 Å². The van der Waals surface area contributed by atoms with Crippen LogP contribution >= 0.6 is 11.6 Å². The van der Waals surface area contributed by atoms with Gasteiger partial charge < -0.3 is 4.74 Å². The summed E-state index contributed by atoms with van der Waals surface area (Å²) in [6.07, 6.45) is 12.5. The van der Waals surface area contributed by atoms with Crippen molar-refractivity contribution >= 4 is 11.6 Å². The van der Waals surface area contributed by atoms with Gasteiger partial charge in [0.2, 0.25) is 0 Å². The molecule has 1 atom stereocenters. The van der Waals surface area contributed by atoms with Crippen LogP contribution in [0.25, 0.3) is 0 Å². The number of unbranched alkanes of at least 4 members (excludes halogenated alkanes) is 7. The first kappa shape index (κ1) is 18.8. The summed E-state index contributed by atoms with van der Waals surface area (Å²) in [5, 5.41) is 0. The van der Waals surface area contributed by atoms with E-state index in [1.165, 1.54) is 44.9 Å². The molecule has 0 heterocycles. The van der Waals surface area contributed by atoms with E-state index >= 15 is 0 Å². The number of ether oxygens (including phenoxy) is 1. The van der Waals surface area contributed by atoms with Gasteiger partial charge in [0.05, 0.1) is 5.76 Å². The fourth-order valence-corrected chi connectivity index (χ4v) is 2.46. The zero-order valence-corrected chi connectivity index (χ0v) is 14.0. The summed E-state index contributed by atoms with van der Waals surface area (Å²) in [4.78, 5) is 0. The SMILES string of the molecule is C=C(CC(C)C)OC(Cl)CCCCCCCCCC. The van der Waals surface area contributed by atoms with Crippen LogP contribution in [-0.4, -0.2) is 5.56 Å². The number of halogens is 1. The minimum Gasteiger partial charge on any atom is -0.480 e. The van der Waals surface area contributed by atoms with Crippen LogP contribution in [0.5, 0.6) is 0 Å². The molecule has 2 heteroatoms. The molecule has 0 radical (unpaired) electrons. The quantitative estimate of drug-likeness (QED) is 0.209. The van der Waals surface area contributed by atoms with E-state index < -0.39 is 0 Å². The normalized spacial score (nSPS) is 12.7. The largest absolute Gasteiger partial charge is 0.480 e. The number of allylic oxidation sites excluding steroid dienone is 1. The molecular formula is C17H33ClO. The van der Waals surface area contributed by atoms with Crippen molar-refractivity contribution in [1.29, 1.82) is 0 Å². The first-order valence-electron chi connectivity index (χ1n) is 8.04. The fourth-order valence-electron chi connectivity index (χ4n) is 2.18. The smallest absolute Gasteiger partial charge is 0.171 e. The lowest BCUT2D eigenvalue weighted by Crippen LogP contribution is -2.06. The van der Waals surface area contributed by atoms with Crippen LogP contribution in [0.1, 0.15) is 85.0 Å². The second-order valence-corrected chi connectivity index (χ2v) is 6.41. The Morgan fingerprint density at radius 2 is 1.53 bits per heavy atom. The third-order valence-electron chi connectivity index (χ3n) is 3.22. The lowest BCUT2D eigenvalue weighted by Gasteiger charge is -2.16. The first-order chi connectivity index (χ1) is 9.06. The molecule has 0 amide bonds. The maximum Gasteiger partial charge on any atom is 0.171 e. The van der Waals surface area contributed by atoms with Crippen LogP contribution in [0, 0.1) is 5.92 Å². The molecule has 1 unspecified atom stereocenters. The molecule has 0 aromatic rings. The molecule has 0 aliphatic heterocycles. The third-order valence-corrected chi connectivity index (χ3v) is 3.52. The van der Waals surface area contributed by atoms with Gasteiger partial charge in [0, 0.05) is 6.42 Å². The highest BCUT2D eigenvalue weighted by molar-refractivity contribution is 6.19. The molecule has 0 fully saturated rings. The van der Waals surface area contributed by atoms with E-state index in [-0.39, 0.29) is 5.56 Å². The van der Waals surface area contributed by atoms with Crippen LogP contribution in [-0.2, 0) is 4.74 Å². The highest BCUT2D eigenvalue weighted by atomic mass is 35.5. The Morgan fingerprint density at radius 1 is 1.00 bits per heavy atom. The first-order valence-corrected chi connectivity index (χ1v) is 8.48. The van der Waals surface area contributed by atoms with Crippen LogP contribution in [0.4, 0.5) is 0 Å². The van der Waals surface area contributed by atoms with Gasteiger partial charge in [-0.2, -0.15) is 0 Å². The predicted molar refractivity (Wildman–Crippen MR) is 86.5 cm³/mol. The Bertz CT molecular complexity index is 213. The second kappa shape index (κ2) is 12.8. The van der Waals surface area contributed by atoms with Crippen molar-refractivity contribution in [2.75, 3.05) is 0 Å². The molecule has 114 valence electrons. The highest BCUT2D eigenvalue weighted by Gasteiger charge is 2.08.